The molecule has 2 amide bonds. The molecule has 0 aliphatic rings. The molecule has 2 N–H and O–H groups in total. The van der Waals surface area contributed by atoms with Gasteiger partial charge in [0.15, 0.2) is 9.84 Å². The maximum atomic E-state index is 12.2. The number of amides is 2. The minimum absolute atomic E-state index is 0.139. The fourth-order valence-electron chi connectivity index (χ4n) is 2.52. The lowest BCUT2D eigenvalue weighted by atomic mass is 10.1. The monoisotopic (exact) mass is 389 g/mol. The molecular weight excluding hydrogens is 366 g/mol. The van der Waals surface area contributed by atoms with E-state index in [4.69, 9.17) is 0 Å². The zero-order chi connectivity index (χ0) is 20.0. The lowest BCUT2D eigenvalue weighted by molar-refractivity contribution is -0.117. The number of nitrogens with zero attached hydrogens (tertiary/aromatic N) is 1. The second-order valence-corrected chi connectivity index (χ2v) is 8.31. The minimum Gasteiger partial charge on any atom is -0.355 e. The first kappa shape index (κ1) is 20.6. The minimum atomic E-state index is -3.33. The highest BCUT2D eigenvalue weighted by Crippen LogP contribution is 2.15. The van der Waals surface area contributed by atoms with Crippen molar-refractivity contribution in [1.82, 2.24) is 10.2 Å². The van der Waals surface area contributed by atoms with Crippen molar-refractivity contribution in [3.05, 3.63) is 59.7 Å². The Hall–Kier alpha value is -2.71. The van der Waals surface area contributed by atoms with Crippen LogP contribution in [0.5, 0.6) is 0 Å². The van der Waals surface area contributed by atoms with Gasteiger partial charge < -0.3 is 10.6 Å². The molecule has 0 spiro atoms. The average molecular weight is 389 g/mol. The van der Waals surface area contributed by atoms with Gasteiger partial charge in [0.2, 0.25) is 5.91 Å². The lowest BCUT2D eigenvalue weighted by Gasteiger charge is -2.16. The van der Waals surface area contributed by atoms with Crippen molar-refractivity contribution < 1.29 is 18.0 Å². The Morgan fingerprint density at radius 3 is 2.33 bits per heavy atom. The zero-order valence-corrected chi connectivity index (χ0v) is 16.3. The highest BCUT2D eigenvalue weighted by Gasteiger charge is 2.11. The molecule has 2 rings (SSSR count). The number of anilines is 1. The highest BCUT2D eigenvalue weighted by atomic mass is 32.2. The van der Waals surface area contributed by atoms with Gasteiger partial charge in [-0.2, -0.15) is 0 Å². The number of carbonyl (C=O) groups excluding carboxylic acids is 2. The zero-order valence-electron chi connectivity index (χ0n) is 15.5. The molecular formula is C19H23N3O4S. The van der Waals surface area contributed by atoms with Gasteiger partial charge in [-0.3, -0.25) is 14.5 Å². The second-order valence-electron chi connectivity index (χ2n) is 6.30. The number of likely N-dealkylation sites (N-methyl/N-ethyl adjacent to an activating group) is 1. The molecule has 2 aromatic rings. The van der Waals surface area contributed by atoms with Crippen molar-refractivity contribution in [3.63, 3.8) is 0 Å². The quantitative estimate of drug-likeness (QED) is 0.749. The summed E-state index contributed by atoms with van der Waals surface area (Å²) in [4.78, 5) is 25.7. The van der Waals surface area contributed by atoms with Crippen LogP contribution < -0.4 is 10.6 Å². The highest BCUT2D eigenvalue weighted by molar-refractivity contribution is 7.90. The first-order valence-electron chi connectivity index (χ1n) is 8.28. The molecule has 0 aromatic heterocycles. The van der Waals surface area contributed by atoms with Crippen molar-refractivity contribution in [2.24, 2.45) is 0 Å². The fourth-order valence-corrected chi connectivity index (χ4v) is 3.19. The van der Waals surface area contributed by atoms with E-state index >= 15 is 0 Å². The van der Waals surface area contributed by atoms with Gasteiger partial charge in [-0.05, 0) is 42.9 Å². The van der Waals surface area contributed by atoms with Crippen LogP contribution in [-0.4, -0.2) is 52.0 Å². The molecule has 27 heavy (non-hydrogen) atoms. The van der Waals surface area contributed by atoms with E-state index in [9.17, 15) is 18.0 Å². The van der Waals surface area contributed by atoms with E-state index in [0.29, 0.717) is 17.8 Å². The first-order chi connectivity index (χ1) is 12.7. The number of sulfone groups is 1. The topological polar surface area (TPSA) is 95.6 Å². The normalized spacial score (nSPS) is 11.3. The summed E-state index contributed by atoms with van der Waals surface area (Å²) in [5.41, 5.74) is 1.98. The van der Waals surface area contributed by atoms with E-state index in [-0.39, 0.29) is 23.3 Å². The Balaban J connectivity index is 1.93. The molecule has 0 saturated heterocycles. The van der Waals surface area contributed by atoms with E-state index in [1.807, 2.05) is 17.0 Å². The summed E-state index contributed by atoms with van der Waals surface area (Å²) < 4.78 is 23.2. The van der Waals surface area contributed by atoms with Gasteiger partial charge in [-0.15, -0.1) is 0 Å². The number of carbonyl (C=O) groups is 2. The fraction of sp³-hybridized carbons (Fsp3) is 0.263. The summed E-state index contributed by atoms with van der Waals surface area (Å²) in [7, 11) is 0.0556. The Morgan fingerprint density at radius 2 is 1.74 bits per heavy atom. The number of nitrogens with one attached hydrogen (secondary N) is 2. The van der Waals surface area contributed by atoms with E-state index in [2.05, 4.69) is 10.6 Å². The van der Waals surface area contributed by atoms with Crippen molar-refractivity contribution in [2.75, 3.05) is 32.2 Å². The average Bonchev–Trinajstić information content (AvgIpc) is 2.61. The van der Waals surface area contributed by atoms with Crippen molar-refractivity contribution in [1.29, 1.82) is 0 Å². The molecule has 0 atom stereocenters. The maximum absolute atomic E-state index is 12.2. The lowest BCUT2D eigenvalue weighted by Crippen LogP contribution is -2.29. The van der Waals surface area contributed by atoms with Gasteiger partial charge >= 0.3 is 0 Å². The van der Waals surface area contributed by atoms with Crippen molar-refractivity contribution in [3.8, 4) is 0 Å². The Labute approximate surface area is 159 Å². The number of hydrogen-bond donors (Lipinski definition) is 2. The van der Waals surface area contributed by atoms with Crippen LogP contribution in [0.4, 0.5) is 5.69 Å². The largest absolute Gasteiger partial charge is 0.355 e. The van der Waals surface area contributed by atoms with Crippen molar-refractivity contribution >= 4 is 27.3 Å². The number of benzene rings is 2. The molecule has 0 fully saturated rings. The van der Waals surface area contributed by atoms with E-state index < -0.39 is 9.84 Å². The molecule has 7 nitrogen and oxygen atoms in total. The van der Waals surface area contributed by atoms with Crippen LogP contribution in [0.1, 0.15) is 15.9 Å². The van der Waals surface area contributed by atoms with E-state index in [1.165, 1.54) is 12.1 Å². The van der Waals surface area contributed by atoms with Crippen LogP contribution in [0.15, 0.2) is 53.4 Å². The van der Waals surface area contributed by atoms with Crippen LogP contribution in [0.2, 0.25) is 0 Å². The van der Waals surface area contributed by atoms with Gasteiger partial charge in [0.25, 0.3) is 5.91 Å². The summed E-state index contributed by atoms with van der Waals surface area (Å²) in [6.45, 7) is 0.672. The summed E-state index contributed by atoms with van der Waals surface area (Å²) in [6, 6.07) is 13.3. The summed E-state index contributed by atoms with van der Waals surface area (Å²) in [5.74, 6) is -0.393. The maximum Gasteiger partial charge on any atom is 0.251 e. The molecule has 8 heteroatoms. The standard InChI is InChI=1S/C19H23N3O4S/c1-20-19(24)15-9-7-14(8-10-15)12-22(2)13-18(23)21-16-5-4-6-17(11-16)27(3,25)26/h4-11H,12-13H2,1-3H3,(H,20,24)(H,21,23). The number of hydrogen-bond acceptors (Lipinski definition) is 5. The van der Waals surface area contributed by atoms with Gasteiger partial charge in [0.05, 0.1) is 11.4 Å². The summed E-state index contributed by atoms with van der Waals surface area (Å²) in [6.07, 6.45) is 1.12. The van der Waals surface area contributed by atoms with E-state index in [0.717, 1.165) is 11.8 Å². The van der Waals surface area contributed by atoms with Crippen LogP contribution >= 0.6 is 0 Å². The Morgan fingerprint density at radius 1 is 1.07 bits per heavy atom. The van der Waals surface area contributed by atoms with Crippen LogP contribution in [0, 0.1) is 0 Å². The second kappa shape index (κ2) is 8.79. The van der Waals surface area contributed by atoms with Crippen LogP contribution in [-0.2, 0) is 21.2 Å². The van der Waals surface area contributed by atoms with E-state index in [1.54, 1.807) is 38.4 Å². The van der Waals surface area contributed by atoms with Crippen LogP contribution in [0.25, 0.3) is 0 Å². The smallest absolute Gasteiger partial charge is 0.251 e. The van der Waals surface area contributed by atoms with Crippen molar-refractivity contribution in [2.45, 2.75) is 11.4 Å². The van der Waals surface area contributed by atoms with Crippen LogP contribution in [0.3, 0.4) is 0 Å². The molecule has 0 radical (unpaired) electrons. The van der Waals surface area contributed by atoms with Gasteiger partial charge in [0, 0.05) is 31.1 Å². The molecule has 144 valence electrons. The third kappa shape index (κ3) is 6.19. The van der Waals surface area contributed by atoms with Gasteiger partial charge in [-0.25, -0.2) is 8.42 Å². The molecule has 0 aliphatic carbocycles. The molecule has 0 saturated carbocycles. The molecule has 0 bridgehead atoms. The molecule has 0 heterocycles. The first-order valence-corrected chi connectivity index (χ1v) is 10.2. The number of rotatable bonds is 7. The predicted octanol–water partition coefficient (Wildman–Crippen LogP) is 1.52. The molecule has 0 unspecified atom stereocenters. The Bertz CT molecular complexity index is 924. The molecule has 0 aliphatic heterocycles. The molecule has 2 aromatic carbocycles. The predicted molar refractivity (Wildman–Crippen MR) is 104 cm³/mol. The SMILES string of the molecule is CNC(=O)c1ccc(CN(C)CC(=O)Nc2cccc(S(C)(=O)=O)c2)cc1. The van der Waals surface area contributed by atoms with Gasteiger partial charge in [-0.1, -0.05) is 18.2 Å². The third-order valence-corrected chi connectivity index (χ3v) is 4.97. The summed E-state index contributed by atoms with van der Waals surface area (Å²) >= 11 is 0. The Kier molecular flexibility index (Phi) is 6.70. The van der Waals surface area contributed by atoms with Gasteiger partial charge in [0.1, 0.15) is 0 Å². The third-order valence-electron chi connectivity index (χ3n) is 3.86. The summed E-state index contributed by atoms with van der Waals surface area (Å²) in [5, 5.41) is 5.27.